The summed E-state index contributed by atoms with van der Waals surface area (Å²) >= 11 is 0. The molecule has 2 aromatic carbocycles. The lowest BCUT2D eigenvalue weighted by Gasteiger charge is -2.16. The molecule has 7 nitrogen and oxygen atoms in total. The number of hydrogen-bond acceptors (Lipinski definition) is 4. The van der Waals surface area contributed by atoms with Crippen LogP contribution < -0.4 is 16.6 Å². The van der Waals surface area contributed by atoms with Crippen LogP contribution in [0.15, 0.2) is 47.3 Å². The third-order valence-corrected chi connectivity index (χ3v) is 5.27. The fraction of sp³-hybridized carbons (Fsp3) is 0.273. The quantitative estimate of drug-likeness (QED) is 0.717. The van der Waals surface area contributed by atoms with E-state index in [0.29, 0.717) is 28.7 Å². The highest BCUT2D eigenvalue weighted by atomic mass is 16.2. The molecule has 0 saturated heterocycles. The van der Waals surface area contributed by atoms with Gasteiger partial charge in [0.15, 0.2) is 0 Å². The van der Waals surface area contributed by atoms with Crippen molar-refractivity contribution in [1.82, 2.24) is 9.55 Å². The fourth-order valence-electron chi connectivity index (χ4n) is 3.74. The number of benzene rings is 2. The number of para-hydroxylation sites is 1. The summed E-state index contributed by atoms with van der Waals surface area (Å²) < 4.78 is 1.77. The minimum absolute atomic E-state index is 0.0575. The zero-order valence-electron chi connectivity index (χ0n) is 16.0. The molecule has 0 fully saturated rings. The van der Waals surface area contributed by atoms with Gasteiger partial charge in [0.1, 0.15) is 5.82 Å². The van der Waals surface area contributed by atoms with Gasteiger partial charge in [-0.2, -0.15) is 0 Å². The first-order valence-electron chi connectivity index (χ1n) is 9.78. The summed E-state index contributed by atoms with van der Waals surface area (Å²) in [6.07, 6.45) is 4.99. The molecular formula is C22H22N4O3. The molecule has 0 unspecified atom stereocenters. The highest BCUT2D eigenvalue weighted by molar-refractivity contribution is 6.09. The number of hydrogen-bond donors (Lipinski definition) is 2. The summed E-state index contributed by atoms with van der Waals surface area (Å²) in [4.78, 5) is 41.9. The first-order chi connectivity index (χ1) is 14.0. The molecule has 3 N–H and O–H groups in total. The number of nitrogens with one attached hydrogen (secondary N) is 1. The van der Waals surface area contributed by atoms with Gasteiger partial charge >= 0.3 is 0 Å². The molecule has 0 radical (unpaired) electrons. The van der Waals surface area contributed by atoms with Crippen LogP contribution in [0.3, 0.4) is 0 Å². The number of aromatic nitrogens is 2. The van der Waals surface area contributed by atoms with Gasteiger partial charge < -0.3 is 11.1 Å². The number of amides is 2. The van der Waals surface area contributed by atoms with Gasteiger partial charge in [0.2, 0.25) is 0 Å². The third kappa shape index (κ3) is 3.76. The fourth-order valence-corrected chi connectivity index (χ4v) is 3.74. The standard InChI is InChI=1S/C22H22N4O3/c23-20(27)15-7-4-5-8-17(15)25-21(28)14-10-11-16-18(13-14)24-19-9-3-1-2-6-12-26(19)22(16)29/h4-5,7-8,10-11,13H,1-3,6,9,12H2,(H2,23,27)(H,25,28). The number of carbonyl (C=O) groups excluding carboxylic acids is 2. The molecule has 0 bridgehead atoms. The molecule has 2 heterocycles. The zero-order valence-corrected chi connectivity index (χ0v) is 16.0. The van der Waals surface area contributed by atoms with Crippen molar-refractivity contribution in [3.63, 3.8) is 0 Å². The number of rotatable bonds is 3. The van der Waals surface area contributed by atoms with Crippen LogP contribution in [0.25, 0.3) is 10.9 Å². The molecule has 7 heteroatoms. The van der Waals surface area contributed by atoms with Crippen LogP contribution in [0, 0.1) is 0 Å². The van der Waals surface area contributed by atoms with Gasteiger partial charge in [0, 0.05) is 18.5 Å². The lowest BCUT2D eigenvalue weighted by molar-refractivity contribution is 0.100. The Bertz CT molecular complexity index is 1170. The maximum Gasteiger partial charge on any atom is 0.261 e. The molecule has 0 spiro atoms. The Morgan fingerprint density at radius 3 is 2.66 bits per heavy atom. The zero-order chi connectivity index (χ0) is 20.4. The van der Waals surface area contributed by atoms with E-state index in [4.69, 9.17) is 5.73 Å². The van der Waals surface area contributed by atoms with E-state index in [1.165, 1.54) is 0 Å². The number of aryl methyl sites for hydroxylation is 1. The first-order valence-corrected chi connectivity index (χ1v) is 9.78. The van der Waals surface area contributed by atoms with E-state index in [1.807, 2.05) is 0 Å². The van der Waals surface area contributed by atoms with Crippen LogP contribution in [0.1, 0.15) is 52.2 Å². The van der Waals surface area contributed by atoms with E-state index in [1.54, 1.807) is 47.0 Å². The van der Waals surface area contributed by atoms with E-state index in [0.717, 1.165) is 37.9 Å². The summed E-state index contributed by atoms with van der Waals surface area (Å²) in [5.74, 6) is -0.235. The average Bonchev–Trinajstić information content (AvgIpc) is 2.69. The lowest BCUT2D eigenvalue weighted by Crippen LogP contribution is -2.26. The summed E-state index contributed by atoms with van der Waals surface area (Å²) in [6.45, 7) is 0.684. The maximum atomic E-state index is 12.9. The topological polar surface area (TPSA) is 107 Å². The molecule has 148 valence electrons. The molecule has 1 aromatic heterocycles. The molecule has 3 aromatic rings. The summed E-state index contributed by atoms with van der Waals surface area (Å²) in [5.41, 5.74) is 6.77. The van der Waals surface area contributed by atoms with Crippen molar-refractivity contribution in [2.45, 2.75) is 38.6 Å². The second kappa shape index (κ2) is 7.87. The van der Waals surface area contributed by atoms with Gasteiger partial charge in [-0.3, -0.25) is 19.0 Å². The van der Waals surface area contributed by atoms with Gasteiger partial charge in [0.05, 0.1) is 22.2 Å². The molecule has 0 aliphatic carbocycles. The normalized spacial score (nSPS) is 13.9. The van der Waals surface area contributed by atoms with E-state index >= 15 is 0 Å². The van der Waals surface area contributed by atoms with Gasteiger partial charge in [0.25, 0.3) is 17.4 Å². The molecular weight excluding hydrogens is 368 g/mol. The molecule has 0 saturated carbocycles. The van der Waals surface area contributed by atoms with Gasteiger partial charge in [-0.15, -0.1) is 0 Å². The summed E-state index contributed by atoms with van der Waals surface area (Å²) in [7, 11) is 0. The van der Waals surface area contributed by atoms with Gasteiger partial charge in [-0.1, -0.05) is 25.0 Å². The Labute approximate surface area is 167 Å². The summed E-state index contributed by atoms with van der Waals surface area (Å²) in [6, 6.07) is 11.4. The van der Waals surface area contributed by atoms with Crippen molar-refractivity contribution in [3.05, 3.63) is 69.8 Å². The molecule has 1 aliphatic rings. The molecule has 0 atom stereocenters. The summed E-state index contributed by atoms with van der Waals surface area (Å²) in [5, 5.41) is 3.22. The highest BCUT2D eigenvalue weighted by Crippen LogP contribution is 2.19. The average molecular weight is 390 g/mol. The van der Waals surface area contributed by atoms with Crippen molar-refractivity contribution in [1.29, 1.82) is 0 Å². The monoisotopic (exact) mass is 390 g/mol. The molecule has 2 amide bonds. The second-order valence-electron chi connectivity index (χ2n) is 7.24. The lowest BCUT2D eigenvalue weighted by atomic mass is 10.1. The van der Waals surface area contributed by atoms with Crippen LogP contribution in [-0.2, 0) is 13.0 Å². The number of carbonyl (C=O) groups is 2. The van der Waals surface area contributed by atoms with E-state index in [9.17, 15) is 14.4 Å². The highest BCUT2D eigenvalue weighted by Gasteiger charge is 2.16. The number of primary amides is 1. The van der Waals surface area contributed by atoms with Crippen LogP contribution >= 0.6 is 0 Å². The van der Waals surface area contributed by atoms with Crippen molar-refractivity contribution in [2.24, 2.45) is 5.73 Å². The van der Waals surface area contributed by atoms with Crippen LogP contribution in [-0.4, -0.2) is 21.4 Å². The van der Waals surface area contributed by atoms with Crippen molar-refractivity contribution >= 4 is 28.4 Å². The molecule has 4 rings (SSSR count). The number of nitrogens with zero attached hydrogens (tertiary/aromatic N) is 2. The Balaban J connectivity index is 1.70. The predicted octanol–water partition coefficient (Wildman–Crippen LogP) is 2.86. The SMILES string of the molecule is NC(=O)c1ccccc1NC(=O)c1ccc2c(=O)n3c(nc2c1)CCCCCC3. The Morgan fingerprint density at radius 2 is 1.83 bits per heavy atom. The Morgan fingerprint density at radius 1 is 1.03 bits per heavy atom. The second-order valence-corrected chi connectivity index (χ2v) is 7.24. The smallest absolute Gasteiger partial charge is 0.261 e. The van der Waals surface area contributed by atoms with Crippen LogP contribution in [0.2, 0.25) is 0 Å². The Kier molecular flexibility index (Phi) is 5.12. The van der Waals surface area contributed by atoms with Crippen molar-refractivity contribution < 1.29 is 9.59 Å². The Hall–Kier alpha value is -3.48. The van der Waals surface area contributed by atoms with E-state index in [2.05, 4.69) is 10.3 Å². The third-order valence-electron chi connectivity index (χ3n) is 5.27. The largest absolute Gasteiger partial charge is 0.366 e. The van der Waals surface area contributed by atoms with E-state index in [-0.39, 0.29) is 11.1 Å². The van der Waals surface area contributed by atoms with Crippen LogP contribution in [0.5, 0.6) is 0 Å². The minimum atomic E-state index is -0.618. The van der Waals surface area contributed by atoms with Gasteiger partial charge in [-0.25, -0.2) is 4.98 Å². The van der Waals surface area contributed by atoms with E-state index < -0.39 is 11.8 Å². The maximum absolute atomic E-state index is 12.9. The first kappa shape index (κ1) is 18.9. The van der Waals surface area contributed by atoms with Crippen molar-refractivity contribution in [2.75, 3.05) is 5.32 Å². The number of anilines is 1. The van der Waals surface area contributed by atoms with Gasteiger partial charge in [-0.05, 0) is 43.2 Å². The number of nitrogens with two attached hydrogens (primary N) is 1. The van der Waals surface area contributed by atoms with Crippen LogP contribution in [0.4, 0.5) is 5.69 Å². The van der Waals surface area contributed by atoms with Crippen molar-refractivity contribution in [3.8, 4) is 0 Å². The predicted molar refractivity (Wildman–Crippen MR) is 111 cm³/mol. The number of fused-ring (bicyclic) bond motifs is 2. The molecule has 29 heavy (non-hydrogen) atoms. The molecule has 1 aliphatic heterocycles. The minimum Gasteiger partial charge on any atom is -0.366 e.